The quantitative estimate of drug-likeness (QED) is 0.133. The van der Waals surface area contributed by atoms with E-state index in [9.17, 15) is 29.7 Å². The van der Waals surface area contributed by atoms with Crippen molar-refractivity contribution in [2.24, 2.45) is 16.8 Å². The summed E-state index contributed by atoms with van der Waals surface area (Å²) >= 11 is 4.40. The Morgan fingerprint density at radius 1 is 1.07 bits per heavy atom. The third-order valence-corrected chi connectivity index (χ3v) is 9.47. The van der Waals surface area contributed by atoms with Gasteiger partial charge in [0.15, 0.2) is 6.29 Å². The summed E-state index contributed by atoms with van der Waals surface area (Å²) in [6.45, 7) is 9.71. The lowest BCUT2D eigenvalue weighted by Crippen LogP contribution is -2.30. The third kappa shape index (κ3) is 7.11. The molecule has 1 fully saturated rings. The molecule has 0 aromatic carbocycles. The highest BCUT2D eigenvalue weighted by atomic mass is 32.1. The van der Waals surface area contributed by atoms with Gasteiger partial charge in [-0.15, -0.1) is 0 Å². The highest BCUT2D eigenvalue weighted by Crippen LogP contribution is 2.28. The van der Waals surface area contributed by atoms with E-state index >= 15 is 0 Å². The second-order valence-corrected chi connectivity index (χ2v) is 12.3. The first-order chi connectivity index (χ1) is 20.9. The second-order valence-electron chi connectivity index (χ2n) is 11.9. The smallest absolute Gasteiger partial charge is 0.303 e. The molecule has 10 nitrogen and oxygen atoms in total. The van der Waals surface area contributed by atoms with Crippen molar-refractivity contribution in [3.05, 3.63) is 55.5 Å². The molecule has 238 valence electrons. The number of thiol groups is 1. The lowest BCUT2D eigenvalue weighted by molar-refractivity contribution is -0.137. The molecule has 4 rings (SSSR count). The van der Waals surface area contributed by atoms with E-state index in [1.165, 1.54) is 0 Å². The average Bonchev–Trinajstić information content (AvgIpc) is 3.60. The van der Waals surface area contributed by atoms with Gasteiger partial charge >= 0.3 is 5.97 Å². The van der Waals surface area contributed by atoms with Crippen LogP contribution in [-0.4, -0.2) is 66.9 Å². The van der Waals surface area contributed by atoms with E-state index in [0.717, 1.165) is 67.6 Å². The lowest BCUT2D eigenvalue weighted by atomic mass is 9.89. The van der Waals surface area contributed by atoms with E-state index in [-0.39, 0.29) is 42.5 Å². The SMILES string of the molecule is CCC1=C(C)C(Cc2[nH]c(/C=c3\[nH]/c(=C/C4NC(=O)[C@H](C)[C@H]4CCS)c(C)c3CCC(=O)O)c(CCC(O)O)c2C)=NC1=O. The molecule has 0 radical (unpaired) electrons. The molecule has 6 N–H and O–H groups in total. The lowest BCUT2D eigenvalue weighted by Gasteiger charge is -2.16. The number of nitrogens with one attached hydrogen (secondary N) is 3. The standard InChI is InChI=1S/C33H44N4O6S/c1-6-20-16(2)26(36-33(20)43)13-24-17(3)21(7-9-30(38)39)27(34-24)15-28-22(8-10-31(40)41)18(4)25(35-28)14-29-23(11-12-44)19(5)32(42)37-29/h14-15,19,23,29-30,34-35,38-39,44H,6-13H2,1-5H3,(H,37,42)(H,40,41)/b25-14+,28-15-/t19-,23-,29?/m1/s1. The molecule has 2 aliphatic heterocycles. The number of aliphatic carboxylic acids is 1. The van der Waals surface area contributed by atoms with Gasteiger partial charge in [-0.25, -0.2) is 4.99 Å². The fourth-order valence-electron chi connectivity index (χ4n) is 6.47. The van der Waals surface area contributed by atoms with Crippen molar-refractivity contribution >= 4 is 48.3 Å². The maximum Gasteiger partial charge on any atom is 0.303 e. The van der Waals surface area contributed by atoms with E-state index in [0.29, 0.717) is 31.4 Å². The predicted molar refractivity (Wildman–Crippen MR) is 173 cm³/mol. The van der Waals surface area contributed by atoms with Crippen LogP contribution in [-0.2, 0) is 33.6 Å². The van der Waals surface area contributed by atoms with Crippen molar-refractivity contribution in [1.29, 1.82) is 0 Å². The number of rotatable bonds is 13. The van der Waals surface area contributed by atoms with Gasteiger partial charge in [0.2, 0.25) is 5.91 Å². The van der Waals surface area contributed by atoms with Crippen molar-refractivity contribution in [2.45, 2.75) is 91.9 Å². The maximum atomic E-state index is 12.5. The Labute approximate surface area is 262 Å². The monoisotopic (exact) mass is 624 g/mol. The molecule has 2 amide bonds. The summed E-state index contributed by atoms with van der Waals surface area (Å²) in [5, 5.41) is 33.4. The Hall–Kier alpha value is -3.41. The second kappa shape index (κ2) is 14.1. The Balaban J connectivity index is 1.84. The van der Waals surface area contributed by atoms with Crippen LogP contribution in [0.3, 0.4) is 0 Å². The largest absolute Gasteiger partial charge is 0.481 e. The third-order valence-electron chi connectivity index (χ3n) is 9.21. The first-order valence-corrected chi connectivity index (χ1v) is 15.9. The number of hydrogen-bond acceptors (Lipinski definition) is 6. The zero-order chi connectivity index (χ0) is 32.3. The number of aliphatic imine (C=N–C) groups is 1. The average molecular weight is 625 g/mol. The van der Waals surface area contributed by atoms with E-state index in [1.807, 2.05) is 46.8 Å². The first-order valence-electron chi connectivity index (χ1n) is 15.3. The summed E-state index contributed by atoms with van der Waals surface area (Å²) in [5.74, 6) is -0.458. The van der Waals surface area contributed by atoms with Crippen LogP contribution in [0.15, 0.2) is 16.1 Å². The Bertz CT molecular complexity index is 1630. The van der Waals surface area contributed by atoms with Crippen molar-refractivity contribution in [3.63, 3.8) is 0 Å². The van der Waals surface area contributed by atoms with Crippen LogP contribution in [0.4, 0.5) is 0 Å². The number of aliphatic hydroxyl groups is 2. The van der Waals surface area contributed by atoms with E-state index in [1.54, 1.807) is 0 Å². The van der Waals surface area contributed by atoms with Crippen LogP contribution in [0.5, 0.6) is 0 Å². The molecule has 4 heterocycles. The summed E-state index contributed by atoms with van der Waals surface area (Å²) < 4.78 is 0. The number of aromatic nitrogens is 2. The Morgan fingerprint density at radius 2 is 1.80 bits per heavy atom. The van der Waals surface area contributed by atoms with Crippen LogP contribution in [0.25, 0.3) is 12.2 Å². The van der Waals surface area contributed by atoms with Gasteiger partial charge in [-0.3, -0.25) is 14.4 Å². The van der Waals surface area contributed by atoms with E-state index in [2.05, 4.69) is 32.9 Å². The molecule has 0 spiro atoms. The number of carbonyl (C=O) groups is 3. The molecule has 2 aromatic heterocycles. The zero-order valence-corrected chi connectivity index (χ0v) is 27.0. The van der Waals surface area contributed by atoms with Gasteiger partial charge < -0.3 is 30.6 Å². The predicted octanol–water partition coefficient (Wildman–Crippen LogP) is 2.15. The Morgan fingerprint density at radius 3 is 2.41 bits per heavy atom. The van der Waals surface area contributed by atoms with Crippen LogP contribution in [0.1, 0.15) is 80.1 Å². The van der Waals surface area contributed by atoms with Gasteiger partial charge in [0.05, 0.1) is 11.8 Å². The van der Waals surface area contributed by atoms with E-state index < -0.39 is 12.3 Å². The fourth-order valence-corrected chi connectivity index (χ4v) is 6.77. The summed E-state index contributed by atoms with van der Waals surface area (Å²) in [5.41, 5.74) is 7.60. The van der Waals surface area contributed by atoms with Gasteiger partial charge in [-0.1, -0.05) is 13.8 Å². The molecule has 0 aliphatic carbocycles. The number of nitrogens with zero attached hydrogens (tertiary/aromatic N) is 1. The summed E-state index contributed by atoms with van der Waals surface area (Å²) in [4.78, 5) is 47.8. The van der Waals surface area contributed by atoms with Gasteiger partial charge in [-0.2, -0.15) is 12.6 Å². The van der Waals surface area contributed by atoms with Gasteiger partial charge in [0, 0.05) is 52.8 Å². The zero-order valence-electron chi connectivity index (χ0n) is 26.1. The molecule has 1 saturated heterocycles. The minimum atomic E-state index is -1.47. The number of carboxylic acids is 1. The van der Waals surface area contributed by atoms with Gasteiger partial charge in [0.1, 0.15) is 0 Å². The molecule has 0 saturated carbocycles. The number of carboxylic acid groups (broad SMARTS) is 1. The Kier molecular flexibility index (Phi) is 10.8. The summed E-state index contributed by atoms with van der Waals surface area (Å²) in [6, 6.07) is -0.178. The molecule has 0 bridgehead atoms. The first kappa shape index (κ1) is 33.5. The van der Waals surface area contributed by atoms with Gasteiger partial charge in [0.25, 0.3) is 5.91 Å². The van der Waals surface area contributed by atoms with Crippen LogP contribution >= 0.6 is 12.6 Å². The van der Waals surface area contributed by atoms with Crippen molar-refractivity contribution < 1.29 is 29.7 Å². The number of carbonyl (C=O) groups excluding carboxylic acids is 2. The number of H-pyrrole nitrogens is 2. The minimum absolute atomic E-state index is 0.00920. The molecular formula is C33H44N4O6S. The fraction of sp³-hybridized carbons (Fsp3) is 0.515. The highest BCUT2D eigenvalue weighted by molar-refractivity contribution is 7.80. The van der Waals surface area contributed by atoms with Crippen molar-refractivity contribution in [1.82, 2.24) is 15.3 Å². The number of hydrogen-bond donors (Lipinski definition) is 7. The molecule has 2 aromatic rings. The maximum absolute atomic E-state index is 12.5. The number of aliphatic hydroxyl groups excluding tert-OH is 1. The number of amides is 2. The molecule has 2 aliphatic rings. The topological polar surface area (TPSA) is 168 Å². The molecule has 11 heteroatoms. The summed E-state index contributed by atoms with van der Waals surface area (Å²) in [6.07, 6.45) is 5.12. The van der Waals surface area contributed by atoms with Gasteiger partial charge in [-0.05, 0) is 98.1 Å². The van der Waals surface area contributed by atoms with Crippen LogP contribution in [0, 0.1) is 25.7 Å². The van der Waals surface area contributed by atoms with Crippen LogP contribution < -0.4 is 16.0 Å². The summed E-state index contributed by atoms with van der Waals surface area (Å²) in [7, 11) is 0. The molecule has 3 atom stereocenters. The molecule has 1 unspecified atom stereocenters. The molecular weight excluding hydrogens is 580 g/mol. The normalized spacial score (nSPS) is 21.3. The van der Waals surface area contributed by atoms with Crippen molar-refractivity contribution in [2.75, 3.05) is 5.75 Å². The number of aromatic amines is 2. The van der Waals surface area contributed by atoms with E-state index in [4.69, 9.17) is 0 Å². The minimum Gasteiger partial charge on any atom is -0.481 e. The van der Waals surface area contributed by atoms with Crippen LogP contribution in [0.2, 0.25) is 0 Å². The highest BCUT2D eigenvalue weighted by Gasteiger charge is 2.37. The molecule has 44 heavy (non-hydrogen) atoms. The van der Waals surface area contributed by atoms with Crippen molar-refractivity contribution in [3.8, 4) is 0 Å². The number of allylic oxidation sites excluding steroid dienone is 1.